The molecule has 0 spiro atoms. The summed E-state index contributed by atoms with van der Waals surface area (Å²) < 4.78 is 49.5. The van der Waals surface area contributed by atoms with E-state index >= 15 is 0 Å². The van der Waals surface area contributed by atoms with Gasteiger partial charge in [0.25, 0.3) is 0 Å². The lowest BCUT2D eigenvalue weighted by Crippen LogP contribution is -2.53. The molecule has 1 saturated heterocycles. The number of carbonyl (C=O) groups excluding carboxylic acids is 2. The zero-order chi connectivity index (χ0) is 23.3. The summed E-state index contributed by atoms with van der Waals surface area (Å²) in [5, 5.41) is 0. The van der Waals surface area contributed by atoms with Gasteiger partial charge in [-0.25, -0.2) is 9.59 Å². The fourth-order valence-electron chi connectivity index (χ4n) is 5.41. The van der Waals surface area contributed by atoms with Crippen LogP contribution in [-0.2, 0) is 25.2 Å². The lowest BCUT2D eigenvalue weighted by atomic mass is 9.55. The van der Waals surface area contributed by atoms with E-state index in [0.29, 0.717) is 17.6 Å². The number of carbonyl (C=O) groups is 2. The first-order valence-corrected chi connectivity index (χ1v) is 10.6. The second kappa shape index (κ2) is 7.94. The fraction of sp³-hybridized carbons (Fsp3) is 0.440. The van der Waals surface area contributed by atoms with Gasteiger partial charge in [0.1, 0.15) is 12.2 Å². The molecular formula is C25H25F3O4. The van der Waals surface area contributed by atoms with Crippen molar-refractivity contribution in [1.29, 1.82) is 0 Å². The van der Waals surface area contributed by atoms with Crippen LogP contribution >= 0.6 is 0 Å². The third kappa shape index (κ3) is 3.89. The Labute approximate surface area is 184 Å². The highest BCUT2D eigenvalue weighted by Crippen LogP contribution is 2.56. The number of esters is 2. The third-order valence-corrected chi connectivity index (χ3v) is 7.17. The maximum atomic E-state index is 12.7. The number of hydrogen-bond acceptors (Lipinski definition) is 4. The summed E-state index contributed by atoms with van der Waals surface area (Å²) >= 11 is 0. The van der Waals surface area contributed by atoms with Gasteiger partial charge in [-0.2, -0.15) is 13.2 Å². The Bertz CT molecular complexity index is 1010. The van der Waals surface area contributed by atoms with Crippen molar-refractivity contribution in [3.8, 4) is 0 Å². The highest BCUT2D eigenvalue weighted by Gasteiger charge is 2.58. The van der Waals surface area contributed by atoms with Crippen molar-refractivity contribution in [3.05, 3.63) is 65.3 Å². The molecule has 1 aromatic carbocycles. The van der Waals surface area contributed by atoms with Crippen LogP contribution in [0, 0.1) is 17.3 Å². The Balaban J connectivity index is 1.47. The minimum Gasteiger partial charge on any atom is -0.458 e. The van der Waals surface area contributed by atoms with Gasteiger partial charge in [0.05, 0.1) is 5.56 Å². The predicted octanol–water partition coefficient (Wildman–Crippen LogP) is 5.49. The first-order valence-electron chi connectivity index (χ1n) is 10.6. The second-order valence-corrected chi connectivity index (χ2v) is 9.09. The topological polar surface area (TPSA) is 52.6 Å². The lowest BCUT2D eigenvalue weighted by molar-refractivity contribution is -0.165. The molecule has 0 unspecified atom stereocenters. The predicted molar refractivity (Wildman–Crippen MR) is 112 cm³/mol. The number of rotatable bonds is 3. The van der Waals surface area contributed by atoms with Crippen LogP contribution in [0.3, 0.4) is 0 Å². The number of benzene rings is 1. The first kappa shape index (κ1) is 22.4. The Morgan fingerprint density at radius 2 is 1.97 bits per heavy atom. The van der Waals surface area contributed by atoms with E-state index in [4.69, 9.17) is 9.47 Å². The summed E-state index contributed by atoms with van der Waals surface area (Å²) in [6, 6.07) is 4.56. The molecule has 4 rings (SSSR count). The molecule has 32 heavy (non-hydrogen) atoms. The van der Waals surface area contributed by atoms with E-state index in [1.807, 2.05) is 13.0 Å². The van der Waals surface area contributed by atoms with Gasteiger partial charge in [0, 0.05) is 35.3 Å². The maximum absolute atomic E-state index is 12.7. The maximum Gasteiger partial charge on any atom is 0.416 e. The Hall–Kier alpha value is -2.83. The molecular weight excluding hydrogens is 421 g/mol. The minimum atomic E-state index is -4.40. The lowest BCUT2D eigenvalue weighted by Gasteiger charge is -2.52. The quantitative estimate of drug-likeness (QED) is 0.350. The van der Waals surface area contributed by atoms with E-state index in [2.05, 4.69) is 13.5 Å². The van der Waals surface area contributed by atoms with Crippen LogP contribution in [0.25, 0.3) is 6.08 Å². The SMILES string of the molecule is C=C1C(=O)O[C@@H]2[C@H]3C(C)=CC[C@@H](OC(=O)/C=C/c4ccc(C(F)(F)F)cc4)[C@]3(C)CC[C@@H]12. The zero-order valence-corrected chi connectivity index (χ0v) is 17.9. The Morgan fingerprint density at radius 3 is 2.62 bits per heavy atom. The molecule has 1 aromatic rings. The molecule has 2 aliphatic carbocycles. The Morgan fingerprint density at radius 1 is 1.28 bits per heavy atom. The third-order valence-electron chi connectivity index (χ3n) is 7.17. The molecule has 0 aromatic heterocycles. The number of halogens is 3. The van der Waals surface area contributed by atoms with Crippen LogP contribution < -0.4 is 0 Å². The number of fused-ring (bicyclic) bond motifs is 3. The van der Waals surface area contributed by atoms with Crippen LogP contribution in [-0.4, -0.2) is 24.1 Å². The normalized spacial score (nSPS) is 32.2. The highest BCUT2D eigenvalue weighted by atomic mass is 19.4. The van der Waals surface area contributed by atoms with Gasteiger partial charge >= 0.3 is 18.1 Å². The van der Waals surface area contributed by atoms with Gasteiger partial charge < -0.3 is 9.47 Å². The van der Waals surface area contributed by atoms with Crippen molar-refractivity contribution in [2.45, 2.75) is 51.5 Å². The monoisotopic (exact) mass is 446 g/mol. The summed E-state index contributed by atoms with van der Waals surface area (Å²) in [5.74, 6) is -0.985. The molecule has 2 fully saturated rings. The van der Waals surface area contributed by atoms with E-state index in [0.717, 1.165) is 30.5 Å². The molecule has 0 N–H and O–H groups in total. The average molecular weight is 446 g/mol. The van der Waals surface area contributed by atoms with Crippen molar-refractivity contribution in [2.24, 2.45) is 17.3 Å². The first-order chi connectivity index (χ1) is 15.0. The van der Waals surface area contributed by atoms with Gasteiger partial charge in [0.15, 0.2) is 0 Å². The van der Waals surface area contributed by atoms with Gasteiger partial charge in [-0.1, -0.05) is 37.3 Å². The van der Waals surface area contributed by atoms with Gasteiger partial charge in [-0.3, -0.25) is 0 Å². The second-order valence-electron chi connectivity index (χ2n) is 9.09. The summed E-state index contributed by atoms with van der Waals surface area (Å²) in [4.78, 5) is 24.6. The molecule has 5 atom stereocenters. The van der Waals surface area contributed by atoms with Gasteiger partial charge in [-0.15, -0.1) is 0 Å². The van der Waals surface area contributed by atoms with Gasteiger partial charge in [0.2, 0.25) is 0 Å². The van der Waals surface area contributed by atoms with Crippen molar-refractivity contribution < 1.29 is 32.2 Å². The summed E-state index contributed by atoms with van der Waals surface area (Å²) in [6.45, 7) is 7.98. The van der Waals surface area contributed by atoms with Crippen LogP contribution in [0.2, 0.25) is 0 Å². The van der Waals surface area contributed by atoms with Crippen LogP contribution in [0.5, 0.6) is 0 Å². The minimum absolute atomic E-state index is 0.0158. The smallest absolute Gasteiger partial charge is 0.416 e. The summed E-state index contributed by atoms with van der Waals surface area (Å²) in [6.07, 6.45) is 1.67. The number of ether oxygens (including phenoxy) is 2. The molecule has 4 nitrogen and oxygen atoms in total. The zero-order valence-electron chi connectivity index (χ0n) is 17.9. The standard InChI is InChI=1S/C25H25F3O4/c1-14-4-10-19(24(3)13-12-18-15(2)23(30)32-22(18)21(14)24)31-20(29)11-7-16-5-8-17(9-6-16)25(26,27)28/h4-9,11,18-19,21-22H,2,10,12-13H2,1,3H3/b11-7+/t18-,19+,21+,22-,24-/m0/s1. The van der Waals surface area contributed by atoms with E-state index in [9.17, 15) is 22.8 Å². The highest BCUT2D eigenvalue weighted by molar-refractivity contribution is 5.91. The molecule has 0 radical (unpaired) electrons. The summed E-state index contributed by atoms with van der Waals surface area (Å²) in [7, 11) is 0. The fourth-order valence-corrected chi connectivity index (χ4v) is 5.41. The Kier molecular flexibility index (Phi) is 5.55. The molecule has 0 bridgehead atoms. The summed E-state index contributed by atoms with van der Waals surface area (Å²) in [5.41, 5.74) is 0.977. The number of hydrogen-bond donors (Lipinski definition) is 0. The van der Waals surface area contributed by atoms with E-state index in [-0.39, 0.29) is 29.3 Å². The van der Waals surface area contributed by atoms with Gasteiger partial charge in [-0.05, 0) is 43.5 Å². The largest absolute Gasteiger partial charge is 0.458 e. The van der Waals surface area contributed by atoms with Crippen molar-refractivity contribution >= 4 is 18.0 Å². The molecule has 1 heterocycles. The molecule has 170 valence electrons. The van der Waals surface area contributed by atoms with Crippen molar-refractivity contribution in [1.82, 2.24) is 0 Å². The van der Waals surface area contributed by atoms with Crippen LogP contribution in [0.15, 0.2) is 54.1 Å². The molecule has 0 amide bonds. The van der Waals surface area contributed by atoms with Crippen LogP contribution in [0.4, 0.5) is 13.2 Å². The number of alkyl halides is 3. The van der Waals surface area contributed by atoms with E-state index < -0.39 is 23.8 Å². The van der Waals surface area contributed by atoms with Crippen LogP contribution in [0.1, 0.15) is 44.2 Å². The van der Waals surface area contributed by atoms with E-state index in [1.165, 1.54) is 24.3 Å². The average Bonchev–Trinajstić information content (AvgIpc) is 3.01. The molecule has 7 heteroatoms. The van der Waals surface area contributed by atoms with E-state index in [1.54, 1.807) is 0 Å². The molecule has 1 aliphatic heterocycles. The molecule has 3 aliphatic rings. The van der Waals surface area contributed by atoms with Crippen molar-refractivity contribution in [3.63, 3.8) is 0 Å². The van der Waals surface area contributed by atoms with Crippen molar-refractivity contribution in [2.75, 3.05) is 0 Å². The molecule has 1 saturated carbocycles.